The molecule has 2 aliphatic carbocycles. The molecule has 5 heteroatoms. The summed E-state index contributed by atoms with van der Waals surface area (Å²) in [5.41, 5.74) is 0. The van der Waals surface area contributed by atoms with Gasteiger partial charge in [-0.15, -0.1) is 0 Å². The summed E-state index contributed by atoms with van der Waals surface area (Å²) < 4.78 is 0. The summed E-state index contributed by atoms with van der Waals surface area (Å²) in [6, 6.07) is 0.270. The Balaban J connectivity index is 1.47. The number of amides is 3. The van der Waals surface area contributed by atoms with Crippen LogP contribution in [-0.4, -0.2) is 35.2 Å². The number of hydrogen-bond acceptors (Lipinski definition) is 3. The summed E-state index contributed by atoms with van der Waals surface area (Å²) in [6.07, 6.45) is 8.38. The highest BCUT2D eigenvalue weighted by Gasteiger charge is 2.47. The maximum Gasteiger partial charge on any atom is 0.233 e. The lowest BCUT2D eigenvalue weighted by molar-refractivity contribution is -0.140. The van der Waals surface area contributed by atoms with E-state index in [1.807, 2.05) is 0 Å². The maximum atomic E-state index is 12.4. The Bertz CT molecular complexity index is 459. The van der Waals surface area contributed by atoms with Gasteiger partial charge in [0.1, 0.15) is 0 Å². The van der Waals surface area contributed by atoms with E-state index in [1.165, 1.54) is 4.90 Å². The topological polar surface area (TPSA) is 66.5 Å². The monoisotopic (exact) mass is 320 g/mol. The highest BCUT2D eigenvalue weighted by atomic mass is 16.2. The molecule has 23 heavy (non-hydrogen) atoms. The highest BCUT2D eigenvalue weighted by molar-refractivity contribution is 6.05. The Hall–Kier alpha value is -1.39. The van der Waals surface area contributed by atoms with Crippen LogP contribution < -0.4 is 5.32 Å². The van der Waals surface area contributed by atoms with Gasteiger partial charge in [0.05, 0.1) is 11.8 Å². The molecule has 0 aromatic rings. The Morgan fingerprint density at radius 3 is 2.13 bits per heavy atom. The molecule has 0 spiro atoms. The van der Waals surface area contributed by atoms with Crippen LogP contribution in [0.2, 0.25) is 0 Å². The Labute approximate surface area is 138 Å². The predicted molar refractivity (Wildman–Crippen MR) is 86.3 cm³/mol. The van der Waals surface area contributed by atoms with Crippen LogP contribution >= 0.6 is 0 Å². The molecule has 3 aliphatic rings. The van der Waals surface area contributed by atoms with E-state index in [1.54, 1.807) is 0 Å². The molecule has 3 fully saturated rings. The summed E-state index contributed by atoms with van der Waals surface area (Å²) in [5, 5.41) is 3.07. The van der Waals surface area contributed by atoms with Crippen LogP contribution in [0.15, 0.2) is 0 Å². The standard InChI is InChI=1S/C18H28N2O3/c1-12-6-8-13(9-7-12)19-16(21)10-11-20-17(22)14-4-2-3-5-15(14)18(20)23/h12-15H,2-11H2,1H3,(H,19,21)/t12?,13?,14-,15-/m1/s1. The van der Waals surface area contributed by atoms with Gasteiger partial charge in [-0.25, -0.2) is 0 Å². The van der Waals surface area contributed by atoms with Crippen LogP contribution in [0.5, 0.6) is 0 Å². The maximum absolute atomic E-state index is 12.4. The lowest BCUT2D eigenvalue weighted by Crippen LogP contribution is -2.40. The third-order valence-electron chi connectivity index (χ3n) is 5.88. The largest absolute Gasteiger partial charge is 0.353 e. The molecule has 3 rings (SSSR count). The van der Waals surface area contributed by atoms with E-state index >= 15 is 0 Å². The average Bonchev–Trinajstić information content (AvgIpc) is 2.80. The fourth-order valence-electron chi connectivity index (χ4n) is 4.37. The van der Waals surface area contributed by atoms with E-state index in [4.69, 9.17) is 0 Å². The fraction of sp³-hybridized carbons (Fsp3) is 0.833. The van der Waals surface area contributed by atoms with Gasteiger partial charge in [-0.2, -0.15) is 0 Å². The first-order valence-electron chi connectivity index (χ1n) is 9.21. The summed E-state index contributed by atoms with van der Waals surface area (Å²) in [4.78, 5) is 38.2. The van der Waals surface area contributed by atoms with Crippen molar-refractivity contribution < 1.29 is 14.4 Å². The van der Waals surface area contributed by atoms with Crippen LogP contribution in [0.4, 0.5) is 0 Å². The number of nitrogens with zero attached hydrogens (tertiary/aromatic N) is 1. The van der Waals surface area contributed by atoms with Gasteiger partial charge in [-0.05, 0) is 44.4 Å². The van der Waals surface area contributed by atoms with Gasteiger partial charge in [0, 0.05) is 19.0 Å². The molecule has 0 aromatic carbocycles. The van der Waals surface area contributed by atoms with Crippen LogP contribution in [0.25, 0.3) is 0 Å². The summed E-state index contributed by atoms with van der Waals surface area (Å²) in [6.45, 7) is 2.50. The summed E-state index contributed by atoms with van der Waals surface area (Å²) in [5.74, 6) is 0.419. The third-order valence-corrected chi connectivity index (χ3v) is 5.88. The van der Waals surface area contributed by atoms with Crippen molar-refractivity contribution in [1.29, 1.82) is 0 Å². The normalized spacial score (nSPS) is 34.4. The second kappa shape index (κ2) is 7.02. The van der Waals surface area contributed by atoms with Crippen LogP contribution in [0.3, 0.4) is 0 Å². The second-order valence-electron chi connectivity index (χ2n) is 7.60. The van der Waals surface area contributed by atoms with Crippen molar-refractivity contribution in [2.75, 3.05) is 6.54 Å². The average molecular weight is 320 g/mol. The lowest BCUT2D eigenvalue weighted by Gasteiger charge is -2.27. The first kappa shape index (κ1) is 16.5. The van der Waals surface area contributed by atoms with E-state index in [-0.39, 0.29) is 48.6 Å². The number of carbonyl (C=O) groups is 3. The van der Waals surface area contributed by atoms with Crippen molar-refractivity contribution in [2.45, 2.75) is 70.8 Å². The molecule has 0 bridgehead atoms. The van der Waals surface area contributed by atoms with E-state index in [0.717, 1.165) is 57.3 Å². The number of nitrogens with one attached hydrogen (secondary N) is 1. The third kappa shape index (κ3) is 3.59. The molecular formula is C18H28N2O3. The van der Waals surface area contributed by atoms with Crippen molar-refractivity contribution >= 4 is 17.7 Å². The molecule has 0 unspecified atom stereocenters. The van der Waals surface area contributed by atoms with E-state index in [9.17, 15) is 14.4 Å². The second-order valence-corrected chi connectivity index (χ2v) is 7.60. The summed E-state index contributed by atoms with van der Waals surface area (Å²) in [7, 11) is 0. The number of rotatable bonds is 4. The van der Waals surface area contributed by atoms with E-state index in [2.05, 4.69) is 12.2 Å². The Kier molecular flexibility index (Phi) is 5.02. The molecule has 0 aromatic heterocycles. The highest BCUT2D eigenvalue weighted by Crippen LogP contribution is 2.37. The van der Waals surface area contributed by atoms with Gasteiger partial charge in [0.2, 0.25) is 17.7 Å². The molecule has 128 valence electrons. The lowest BCUT2D eigenvalue weighted by atomic mass is 9.81. The predicted octanol–water partition coefficient (Wildman–Crippen LogP) is 2.25. The molecule has 0 radical (unpaired) electrons. The number of hydrogen-bond donors (Lipinski definition) is 1. The molecule has 1 aliphatic heterocycles. The van der Waals surface area contributed by atoms with Gasteiger partial charge in [0.15, 0.2) is 0 Å². The molecule has 2 saturated carbocycles. The number of carbonyl (C=O) groups excluding carboxylic acids is 3. The molecule has 1 N–H and O–H groups in total. The van der Waals surface area contributed by atoms with E-state index < -0.39 is 0 Å². The smallest absolute Gasteiger partial charge is 0.233 e. The molecule has 5 nitrogen and oxygen atoms in total. The Morgan fingerprint density at radius 1 is 1.00 bits per heavy atom. The molecule has 3 amide bonds. The van der Waals surface area contributed by atoms with Crippen molar-refractivity contribution in [3.63, 3.8) is 0 Å². The van der Waals surface area contributed by atoms with E-state index in [0.29, 0.717) is 0 Å². The Morgan fingerprint density at radius 2 is 1.57 bits per heavy atom. The van der Waals surface area contributed by atoms with Gasteiger partial charge < -0.3 is 5.32 Å². The number of fused-ring (bicyclic) bond motifs is 1. The number of imide groups is 1. The first-order valence-corrected chi connectivity index (χ1v) is 9.21. The minimum absolute atomic E-state index is 0.0278. The minimum Gasteiger partial charge on any atom is -0.353 e. The quantitative estimate of drug-likeness (QED) is 0.808. The zero-order chi connectivity index (χ0) is 16.4. The zero-order valence-electron chi connectivity index (χ0n) is 14.1. The van der Waals surface area contributed by atoms with Crippen molar-refractivity contribution in [2.24, 2.45) is 17.8 Å². The van der Waals surface area contributed by atoms with Gasteiger partial charge in [0.25, 0.3) is 0 Å². The molecule has 1 heterocycles. The van der Waals surface area contributed by atoms with Gasteiger partial charge in [-0.3, -0.25) is 19.3 Å². The molecule has 2 atom stereocenters. The SMILES string of the molecule is CC1CCC(NC(=O)CCN2C(=O)[C@@H]3CCCC[C@H]3C2=O)CC1. The zero-order valence-corrected chi connectivity index (χ0v) is 14.1. The van der Waals surface area contributed by atoms with Crippen LogP contribution in [0.1, 0.15) is 64.7 Å². The van der Waals surface area contributed by atoms with Crippen molar-refractivity contribution in [3.05, 3.63) is 0 Å². The fourth-order valence-corrected chi connectivity index (χ4v) is 4.37. The molecular weight excluding hydrogens is 292 g/mol. The molecule has 1 saturated heterocycles. The van der Waals surface area contributed by atoms with Crippen molar-refractivity contribution in [1.82, 2.24) is 10.2 Å². The number of likely N-dealkylation sites (tertiary alicyclic amines) is 1. The van der Waals surface area contributed by atoms with Gasteiger partial charge >= 0.3 is 0 Å². The van der Waals surface area contributed by atoms with Crippen molar-refractivity contribution in [3.8, 4) is 0 Å². The van der Waals surface area contributed by atoms with Crippen LogP contribution in [-0.2, 0) is 14.4 Å². The minimum atomic E-state index is -0.112. The van der Waals surface area contributed by atoms with Crippen LogP contribution in [0, 0.1) is 17.8 Å². The summed E-state index contributed by atoms with van der Waals surface area (Å²) >= 11 is 0. The first-order chi connectivity index (χ1) is 11.1. The van der Waals surface area contributed by atoms with Gasteiger partial charge in [-0.1, -0.05) is 19.8 Å².